The Morgan fingerprint density at radius 1 is 1.27 bits per heavy atom. The molecule has 1 aliphatic rings. The van der Waals surface area contributed by atoms with Gasteiger partial charge in [-0.3, -0.25) is 0 Å². The van der Waals surface area contributed by atoms with Crippen molar-refractivity contribution in [2.24, 2.45) is 11.8 Å². The van der Waals surface area contributed by atoms with E-state index in [4.69, 9.17) is 5.26 Å². The molecular weight excluding hydrogens is 274 g/mol. The smallest absolute Gasteiger partial charge is 0.142 e. The highest BCUT2D eigenvalue weighted by molar-refractivity contribution is 5.74. The molecule has 5 nitrogen and oxygen atoms in total. The molecule has 2 aromatic rings. The topological polar surface area (TPSA) is 68.1 Å². The summed E-state index contributed by atoms with van der Waals surface area (Å²) in [7, 11) is 0. The standard InChI is InChI=1S/C17H19N5/c1-13-9-14(3-2-7-18)12-21(11-13)16-5-4-15(10-19)22-17(16)6-8-20-22/h4-6,8,13-14H,2-3,9,11-12H2,1H3/t13-,14+/m0/s1. The van der Waals surface area contributed by atoms with Crippen molar-refractivity contribution in [3.63, 3.8) is 0 Å². The van der Waals surface area contributed by atoms with Gasteiger partial charge in [0, 0.05) is 19.5 Å². The second kappa shape index (κ2) is 6.07. The largest absolute Gasteiger partial charge is 0.369 e. The van der Waals surface area contributed by atoms with Gasteiger partial charge in [-0.15, -0.1) is 0 Å². The normalized spacial score (nSPS) is 21.5. The van der Waals surface area contributed by atoms with Crippen molar-refractivity contribution >= 4 is 11.2 Å². The maximum Gasteiger partial charge on any atom is 0.142 e. The van der Waals surface area contributed by atoms with Crippen LogP contribution in [0.5, 0.6) is 0 Å². The lowest BCUT2D eigenvalue weighted by atomic mass is 9.87. The molecule has 0 amide bonds. The molecule has 112 valence electrons. The number of hydrogen-bond acceptors (Lipinski definition) is 4. The van der Waals surface area contributed by atoms with Crippen LogP contribution in [0.15, 0.2) is 24.4 Å². The van der Waals surface area contributed by atoms with Crippen LogP contribution in [0.25, 0.3) is 5.52 Å². The minimum atomic E-state index is 0.551. The van der Waals surface area contributed by atoms with Crippen molar-refractivity contribution in [2.75, 3.05) is 18.0 Å². The fraction of sp³-hybridized carbons (Fsp3) is 0.471. The Hall–Kier alpha value is -2.53. The van der Waals surface area contributed by atoms with Crippen LogP contribution in [-0.4, -0.2) is 22.7 Å². The molecule has 0 aliphatic carbocycles. The molecule has 0 spiro atoms. The maximum absolute atomic E-state index is 9.18. The van der Waals surface area contributed by atoms with Gasteiger partial charge in [0.25, 0.3) is 0 Å². The lowest BCUT2D eigenvalue weighted by Gasteiger charge is -2.38. The molecule has 3 heterocycles. The first-order valence-corrected chi connectivity index (χ1v) is 7.71. The zero-order valence-electron chi connectivity index (χ0n) is 12.7. The van der Waals surface area contributed by atoms with Crippen LogP contribution in [0.1, 0.15) is 31.9 Å². The quantitative estimate of drug-likeness (QED) is 0.872. The van der Waals surface area contributed by atoms with Crippen molar-refractivity contribution < 1.29 is 0 Å². The zero-order valence-corrected chi connectivity index (χ0v) is 12.7. The van der Waals surface area contributed by atoms with Crippen LogP contribution in [0.2, 0.25) is 0 Å². The molecule has 5 heteroatoms. The first-order valence-electron chi connectivity index (χ1n) is 7.71. The number of rotatable bonds is 3. The number of piperidine rings is 1. The van der Waals surface area contributed by atoms with Gasteiger partial charge in [0.05, 0.1) is 23.5 Å². The fourth-order valence-electron chi connectivity index (χ4n) is 3.51. The van der Waals surface area contributed by atoms with E-state index in [1.807, 2.05) is 18.2 Å². The van der Waals surface area contributed by atoms with Gasteiger partial charge in [0.2, 0.25) is 0 Å². The van der Waals surface area contributed by atoms with Gasteiger partial charge in [-0.25, -0.2) is 4.52 Å². The Bertz CT molecular complexity index is 748. The Balaban J connectivity index is 1.92. The Kier molecular flexibility index (Phi) is 3.98. The van der Waals surface area contributed by atoms with Gasteiger partial charge in [-0.1, -0.05) is 6.92 Å². The highest BCUT2D eigenvalue weighted by Gasteiger charge is 2.26. The predicted molar refractivity (Wildman–Crippen MR) is 84.2 cm³/mol. The average molecular weight is 293 g/mol. The van der Waals surface area contributed by atoms with Crippen LogP contribution < -0.4 is 4.90 Å². The summed E-state index contributed by atoms with van der Waals surface area (Å²) in [5.41, 5.74) is 2.66. The molecule has 2 atom stereocenters. The van der Waals surface area contributed by atoms with E-state index in [0.29, 0.717) is 24.0 Å². The van der Waals surface area contributed by atoms with Crippen LogP contribution in [0.4, 0.5) is 5.69 Å². The van der Waals surface area contributed by atoms with E-state index in [0.717, 1.165) is 30.7 Å². The molecule has 1 aliphatic heterocycles. The number of pyridine rings is 1. The van der Waals surface area contributed by atoms with Crippen molar-refractivity contribution in [2.45, 2.75) is 26.2 Å². The minimum absolute atomic E-state index is 0.551. The number of anilines is 1. The van der Waals surface area contributed by atoms with Crippen molar-refractivity contribution in [3.8, 4) is 12.1 Å². The van der Waals surface area contributed by atoms with E-state index in [1.165, 1.54) is 6.42 Å². The van der Waals surface area contributed by atoms with E-state index in [2.05, 4.69) is 29.1 Å². The molecule has 0 N–H and O–H groups in total. The highest BCUT2D eigenvalue weighted by Crippen LogP contribution is 2.31. The van der Waals surface area contributed by atoms with Gasteiger partial charge in [-0.05, 0) is 42.9 Å². The van der Waals surface area contributed by atoms with Gasteiger partial charge in [0.1, 0.15) is 11.8 Å². The van der Waals surface area contributed by atoms with E-state index in [1.54, 1.807) is 10.7 Å². The van der Waals surface area contributed by atoms with E-state index in [-0.39, 0.29) is 0 Å². The lowest BCUT2D eigenvalue weighted by Crippen LogP contribution is -2.40. The number of aromatic nitrogens is 2. The van der Waals surface area contributed by atoms with Crippen LogP contribution in [0, 0.1) is 34.5 Å². The fourth-order valence-corrected chi connectivity index (χ4v) is 3.51. The molecule has 22 heavy (non-hydrogen) atoms. The van der Waals surface area contributed by atoms with Crippen LogP contribution in [-0.2, 0) is 0 Å². The zero-order chi connectivity index (χ0) is 15.5. The van der Waals surface area contributed by atoms with Crippen molar-refractivity contribution in [1.29, 1.82) is 10.5 Å². The lowest BCUT2D eigenvalue weighted by molar-refractivity contribution is 0.323. The first kappa shape index (κ1) is 14.4. The highest BCUT2D eigenvalue weighted by atomic mass is 15.2. The summed E-state index contributed by atoms with van der Waals surface area (Å²) in [4.78, 5) is 2.38. The third kappa shape index (κ3) is 2.63. The van der Waals surface area contributed by atoms with E-state index >= 15 is 0 Å². The molecular formula is C17H19N5. The molecule has 0 saturated carbocycles. The van der Waals surface area contributed by atoms with Crippen molar-refractivity contribution in [3.05, 3.63) is 30.1 Å². The molecule has 0 unspecified atom stereocenters. The maximum atomic E-state index is 9.18. The van der Waals surface area contributed by atoms with Gasteiger partial charge in [-0.2, -0.15) is 15.6 Å². The molecule has 0 bridgehead atoms. The summed E-state index contributed by atoms with van der Waals surface area (Å²) in [6.07, 6.45) is 4.51. The van der Waals surface area contributed by atoms with Gasteiger partial charge >= 0.3 is 0 Å². The summed E-state index contributed by atoms with van der Waals surface area (Å²) in [5.74, 6) is 1.16. The summed E-state index contributed by atoms with van der Waals surface area (Å²) >= 11 is 0. The molecule has 3 rings (SSSR count). The Labute approximate surface area is 130 Å². The van der Waals surface area contributed by atoms with Gasteiger partial charge in [0.15, 0.2) is 0 Å². The minimum Gasteiger partial charge on any atom is -0.369 e. The summed E-state index contributed by atoms with van der Waals surface area (Å²) in [6, 6.07) is 10.2. The van der Waals surface area contributed by atoms with Crippen molar-refractivity contribution in [1.82, 2.24) is 9.61 Å². The van der Waals surface area contributed by atoms with E-state index in [9.17, 15) is 5.26 Å². The van der Waals surface area contributed by atoms with Crippen LogP contribution >= 0.6 is 0 Å². The molecule has 0 radical (unpaired) electrons. The molecule has 1 saturated heterocycles. The summed E-state index contributed by atoms with van der Waals surface area (Å²) in [6.45, 7) is 4.25. The summed E-state index contributed by atoms with van der Waals surface area (Å²) in [5, 5.41) is 22.2. The van der Waals surface area contributed by atoms with Crippen LogP contribution in [0.3, 0.4) is 0 Å². The summed E-state index contributed by atoms with van der Waals surface area (Å²) < 4.78 is 1.71. The number of nitrogens with zero attached hydrogens (tertiary/aromatic N) is 5. The van der Waals surface area contributed by atoms with Gasteiger partial charge < -0.3 is 4.90 Å². The molecule has 2 aromatic heterocycles. The third-order valence-electron chi connectivity index (χ3n) is 4.40. The first-order chi connectivity index (χ1) is 10.7. The second-order valence-corrected chi connectivity index (χ2v) is 6.15. The SMILES string of the molecule is C[C@H]1C[C@@H](CCC#N)CN(c2ccc(C#N)n3nccc23)C1. The molecule has 0 aromatic carbocycles. The average Bonchev–Trinajstić information content (AvgIpc) is 3.01. The third-order valence-corrected chi connectivity index (χ3v) is 4.40. The predicted octanol–water partition coefficient (Wildman–Crippen LogP) is 2.97. The van der Waals surface area contributed by atoms with E-state index < -0.39 is 0 Å². The Morgan fingerprint density at radius 3 is 2.91 bits per heavy atom. The Morgan fingerprint density at radius 2 is 2.14 bits per heavy atom. The monoisotopic (exact) mass is 293 g/mol. The number of hydrogen-bond donors (Lipinski definition) is 0. The number of fused-ring (bicyclic) bond motifs is 1. The molecule has 1 fully saturated rings. The number of nitriles is 2. The second-order valence-electron chi connectivity index (χ2n) is 6.15.